The molecule has 1 fully saturated rings. The molecule has 9 nitrogen and oxygen atoms in total. The Morgan fingerprint density at radius 1 is 1.14 bits per heavy atom. The van der Waals surface area contributed by atoms with Gasteiger partial charge >= 0.3 is 6.36 Å². The highest BCUT2D eigenvalue weighted by molar-refractivity contribution is 5.59. The highest BCUT2D eigenvalue weighted by Gasteiger charge is 2.31. The highest BCUT2D eigenvalue weighted by atomic mass is 19.4. The van der Waals surface area contributed by atoms with Crippen LogP contribution in [0.15, 0.2) is 53.2 Å². The Kier molecular flexibility index (Phi) is 6.83. The van der Waals surface area contributed by atoms with Crippen molar-refractivity contribution < 1.29 is 27.2 Å². The number of hydrogen-bond acceptors (Lipinski definition) is 8. The first-order chi connectivity index (χ1) is 17.8. The van der Waals surface area contributed by atoms with Crippen LogP contribution in [-0.4, -0.2) is 57.6 Å². The monoisotopic (exact) mass is 514 g/mol. The Morgan fingerprint density at radius 2 is 1.95 bits per heavy atom. The molecule has 1 aliphatic heterocycles. The van der Waals surface area contributed by atoms with E-state index in [4.69, 9.17) is 9.26 Å². The molecule has 0 aliphatic carbocycles. The van der Waals surface area contributed by atoms with Crippen molar-refractivity contribution in [3.8, 4) is 28.7 Å². The maximum Gasteiger partial charge on any atom is 0.573 e. The van der Waals surface area contributed by atoms with Crippen molar-refractivity contribution >= 4 is 5.82 Å². The molecular weight excluding hydrogens is 489 g/mol. The van der Waals surface area contributed by atoms with E-state index >= 15 is 0 Å². The third kappa shape index (κ3) is 5.91. The van der Waals surface area contributed by atoms with Crippen LogP contribution < -0.4 is 9.64 Å². The van der Waals surface area contributed by atoms with Crippen molar-refractivity contribution in [2.75, 3.05) is 25.1 Å². The van der Waals surface area contributed by atoms with Gasteiger partial charge in [-0.2, -0.15) is 10.1 Å². The number of aryl methyl sites for hydroxylation is 1. The molecule has 0 spiro atoms. The maximum absolute atomic E-state index is 12.4. The summed E-state index contributed by atoms with van der Waals surface area (Å²) in [6.45, 7) is 4.22. The van der Waals surface area contributed by atoms with E-state index in [0.29, 0.717) is 17.8 Å². The van der Waals surface area contributed by atoms with E-state index in [-0.39, 0.29) is 23.6 Å². The lowest BCUT2D eigenvalue weighted by Crippen LogP contribution is -2.39. The van der Waals surface area contributed by atoms with E-state index in [9.17, 15) is 13.2 Å². The van der Waals surface area contributed by atoms with Crippen molar-refractivity contribution in [2.24, 2.45) is 0 Å². The average Bonchev–Trinajstić information content (AvgIpc) is 3.51. The summed E-state index contributed by atoms with van der Waals surface area (Å²) < 4.78 is 53.8. The first-order valence-corrected chi connectivity index (χ1v) is 11.7. The third-order valence-corrected chi connectivity index (χ3v) is 6.15. The van der Waals surface area contributed by atoms with Gasteiger partial charge in [0.25, 0.3) is 5.89 Å². The molecule has 4 heterocycles. The van der Waals surface area contributed by atoms with E-state index in [0.717, 1.165) is 43.0 Å². The predicted octanol–water partition coefficient (Wildman–Crippen LogP) is 4.87. The lowest BCUT2D eigenvalue weighted by molar-refractivity contribution is -0.274. The summed E-state index contributed by atoms with van der Waals surface area (Å²) in [6.07, 6.45) is -0.631. The van der Waals surface area contributed by atoms with Crippen LogP contribution >= 0.6 is 0 Å². The van der Waals surface area contributed by atoms with Gasteiger partial charge in [0, 0.05) is 37.7 Å². The fourth-order valence-corrected chi connectivity index (χ4v) is 4.27. The number of methoxy groups -OCH3 is 1. The van der Waals surface area contributed by atoms with Crippen LogP contribution in [0.4, 0.5) is 19.0 Å². The fourth-order valence-electron chi connectivity index (χ4n) is 4.27. The summed E-state index contributed by atoms with van der Waals surface area (Å²) in [6, 6.07) is 11.1. The molecule has 1 aliphatic rings. The van der Waals surface area contributed by atoms with Gasteiger partial charge in [-0.25, -0.2) is 4.98 Å². The number of nitrogens with zero attached hydrogens (tertiary/aromatic N) is 6. The van der Waals surface area contributed by atoms with Gasteiger partial charge < -0.3 is 18.9 Å². The SMILES string of the molecule is COC1CCCN(c2cc(Cn3nc(-c4nc(-c5ccc(OC(F)(F)F)cc5)no4)cc3C)ccn2)C1. The molecule has 1 aromatic carbocycles. The van der Waals surface area contributed by atoms with E-state index in [2.05, 4.69) is 35.9 Å². The Balaban J connectivity index is 1.29. The third-order valence-electron chi connectivity index (χ3n) is 6.15. The summed E-state index contributed by atoms with van der Waals surface area (Å²) in [7, 11) is 1.74. The van der Waals surface area contributed by atoms with Crippen LogP contribution in [0.25, 0.3) is 23.0 Å². The highest BCUT2D eigenvalue weighted by Crippen LogP contribution is 2.27. The van der Waals surface area contributed by atoms with Crippen molar-refractivity contribution in [2.45, 2.75) is 38.8 Å². The number of aromatic nitrogens is 5. The Labute approximate surface area is 210 Å². The number of pyridine rings is 1. The van der Waals surface area contributed by atoms with Crippen LogP contribution in [0, 0.1) is 6.92 Å². The minimum absolute atomic E-state index is 0.209. The molecule has 0 N–H and O–H groups in total. The lowest BCUT2D eigenvalue weighted by Gasteiger charge is -2.32. The second kappa shape index (κ2) is 10.2. The maximum atomic E-state index is 12.4. The fraction of sp³-hybridized carbons (Fsp3) is 0.360. The van der Waals surface area contributed by atoms with E-state index < -0.39 is 6.36 Å². The van der Waals surface area contributed by atoms with Gasteiger partial charge in [0.05, 0.1) is 12.6 Å². The number of alkyl halides is 3. The Hall–Kier alpha value is -3.93. The number of ether oxygens (including phenoxy) is 2. The number of piperidine rings is 1. The number of anilines is 1. The molecule has 0 bridgehead atoms. The summed E-state index contributed by atoms with van der Waals surface area (Å²) in [5, 5.41) is 8.57. The van der Waals surface area contributed by atoms with Crippen LogP contribution in [0.3, 0.4) is 0 Å². The van der Waals surface area contributed by atoms with Gasteiger partial charge in [-0.15, -0.1) is 13.2 Å². The van der Waals surface area contributed by atoms with Crippen LogP contribution in [0.5, 0.6) is 5.75 Å². The van der Waals surface area contributed by atoms with Crippen LogP contribution in [-0.2, 0) is 11.3 Å². The molecular formula is C25H25F3N6O3. The van der Waals surface area contributed by atoms with Crippen molar-refractivity contribution in [3.63, 3.8) is 0 Å². The van der Waals surface area contributed by atoms with E-state index in [1.165, 1.54) is 24.3 Å². The number of benzene rings is 1. The van der Waals surface area contributed by atoms with Gasteiger partial charge in [-0.1, -0.05) is 5.16 Å². The molecule has 194 valence electrons. The van der Waals surface area contributed by atoms with E-state index in [1.807, 2.05) is 23.7 Å². The summed E-state index contributed by atoms with van der Waals surface area (Å²) in [5.74, 6) is 1.03. The van der Waals surface area contributed by atoms with Crippen LogP contribution in [0.2, 0.25) is 0 Å². The second-order valence-corrected chi connectivity index (χ2v) is 8.79. The predicted molar refractivity (Wildman–Crippen MR) is 128 cm³/mol. The van der Waals surface area contributed by atoms with Gasteiger partial charge in [-0.3, -0.25) is 4.68 Å². The zero-order valence-electron chi connectivity index (χ0n) is 20.3. The largest absolute Gasteiger partial charge is 0.573 e. The standard InChI is InChI=1S/C25H25F3N6O3/c1-16-12-21(24-30-23(32-37-24)18-5-7-19(8-6-18)36-25(26,27)28)31-34(16)14-17-9-10-29-22(13-17)33-11-3-4-20(15-33)35-2/h5-10,12-13,20H,3-4,11,14-15H2,1-2H3. The average molecular weight is 515 g/mol. The topological polar surface area (TPSA) is 91.3 Å². The van der Waals surface area contributed by atoms with Gasteiger partial charge in [0.15, 0.2) is 5.69 Å². The molecule has 12 heteroatoms. The van der Waals surface area contributed by atoms with Crippen molar-refractivity contribution in [3.05, 3.63) is 59.9 Å². The molecule has 1 unspecified atom stereocenters. The van der Waals surface area contributed by atoms with Gasteiger partial charge in [0.2, 0.25) is 5.82 Å². The Bertz CT molecular complexity index is 1350. The molecule has 1 atom stereocenters. The normalized spacial score (nSPS) is 16.2. The summed E-state index contributed by atoms with van der Waals surface area (Å²) >= 11 is 0. The first kappa shape index (κ1) is 24.8. The number of hydrogen-bond donors (Lipinski definition) is 0. The summed E-state index contributed by atoms with van der Waals surface area (Å²) in [5.41, 5.74) is 2.94. The molecule has 5 rings (SSSR count). The zero-order valence-corrected chi connectivity index (χ0v) is 20.3. The lowest BCUT2D eigenvalue weighted by atomic mass is 10.1. The second-order valence-electron chi connectivity index (χ2n) is 8.79. The van der Waals surface area contributed by atoms with Gasteiger partial charge in [-0.05, 0) is 67.8 Å². The minimum atomic E-state index is -4.75. The molecule has 0 saturated carbocycles. The van der Waals surface area contributed by atoms with E-state index in [1.54, 1.807) is 13.3 Å². The molecule has 4 aromatic rings. The molecule has 37 heavy (non-hydrogen) atoms. The molecule has 3 aromatic heterocycles. The first-order valence-electron chi connectivity index (χ1n) is 11.7. The van der Waals surface area contributed by atoms with Crippen LogP contribution in [0.1, 0.15) is 24.1 Å². The minimum Gasteiger partial charge on any atom is -0.406 e. The Morgan fingerprint density at radius 3 is 2.70 bits per heavy atom. The number of halogens is 3. The quantitative estimate of drug-likeness (QED) is 0.345. The number of rotatable bonds is 7. The molecule has 1 saturated heterocycles. The van der Waals surface area contributed by atoms with Crippen molar-refractivity contribution in [1.29, 1.82) is 0 Å². The summed E-state index contributed by atoms with van der Waals surface area (Å²) in [4.78, 5) is 11.1. The molecule has 0 radical (unpaired) electrons. The smallest absolute Gasteiger partial charge is 0.406 e. The van der Waals surface area contributed by atoms with Gasteiger partial charge in [0.1, 0.15) is 11.6 Å². The zero-order chi connectivity index (χ0) is 26.0. The van der Waals surface area contributed by atoms with Crippen molar-refractivity contribution in [1.82, 2.24) is 24.9 Å². The molecule has 0 amide bonds.